The lowest BCUT2D eigenvalue weighted by atomic mass is 9.99. The Hall–Kier alpha value is -0.740. The quantitative estimate of drug-likeness (QED) is 0.884. The fourth-order valence-corrected chi connectivity index (χ4v) is 3.21. The van der Waals surface area contributed by atoms with Crippen LogP contribution in [0.2, 0.25) is 15.2 Å². The number of halogens is 3. The second-order valence-electron chi connectivity index (χ2n) is 5.07. The van der Waals surface area contributed by atoms with E-state index in [1.807, 2.05) is 39.2 Å². The van der Waals surface area contributed by atoms with Gasteiger partial charge in [0.2, 0.25) is 0 Å². The van der Waals surface area contributed by atoms with Crippen LogP contribution in [0.25, 0.3) is 0 Å². The van der Waals surface area contributed by atoms with E-state index in [0.717, 1.165) is 29.7 Å². The summed E-state index contributed by atoms with van der Waals surface area (Å²) in [5.41, 5.74) is 2.97. The standard InChI is InChI=1S/C15H18Cl3N3/c1-9-11(15(18)21(3)20-9)7-10(19-2)8-12-13(16)5-4-6-14(12)17/h4-6,10,19H,7-8H2,1-3H3. The van der Waals surface area contributed by atoms with Crippen LogP contribution in [0.5, 0.6) is 0 Å². The predicted octanol–water partition coefficient (Wildman–Crippen LogP) is 4.06. The van der Waals surface area contributed by atoms with Gasteiger partial charge in [0.15, 0.2) is 0 Å². The topological polar surface area (TPSA) is 29.9 Å². The Morgan fingerprint density at radius 2 is 1.71 bits per heavy atom. The van der Waals surface area contributed by atoms with Crippen molar-refractivity contribution < 1.29 is 0 Å². The molecule has 0 bridgehead atoms. The van der Waals surface area contributed by atoms with Crippen LogP contribution < -0.4 is 5.32 Å². The molecule has 0 aliphatic rings. The van der Waals surface area contributed by atoms with Gasteiger partial charge in [-0.25, -0.2) is 0 Å². The fourth-order valence-electron chi connectivity index (χ4n) is 2.40. The zero-order chi connectivity index (χ0) is 15.6. The molecule has 0 radical (unpaired) electrons. The molecule has 3 nitrogen and oxygen atoms in total. The fraction of sp³-hybridized carbons (Fsp3) is 0.400. The van der Waals surface area contributed by atoms with Crippen molar-refractivity contribution in [3.05, 3.63) is 50.2 Å². The van der Waals surface area contributed by atoms with Crippen molar-refractivity contribution in [2.24, 2.45) is 7.05 Å². The third-order valence-electron chi connectivity index (χ3n) is 3.64. The van der Waals surface area contributed by atoms with Crippen LogP contribution >= 0.6 is 34.8 Å². The highest BCUT2D eigenvalue weighted by Gasteiger charge is 2.18. The molecule has 1 atom stereocenters. The Labute approximate surface area is 140 Å². The van der Waals surface area contributed by atoms with E-state index in [9.17, 15) is 0 Å². The second kappa shape index (κ2) is 7.01. The van der Waals surface area contributed by atoms with E-state index in [4.69, 9.17) is 34.8 Å². The van der Waals surface area contributed by atoms with Gasteiger partial charge in [-0.3, -0.25) is 4.68 Å². The highest BCUT2D eigenvalue weighted by molar-refractivity contribution is 6.36. The second-order valence-corrected chi connectivity index (χ2v) is 6.24. The summed E-state index contributed by atoms with van der Waals surface area (Å²) in [7, 11) is 3.77. The van der Waals surface area contributed by atoms with Crippen LogP contribution in [-0.4, -0.2) is 22.9 Å². The van der Waals surface area contributed by atoms with Gasteiger partial charge in [0, 0.05) is 28.7 Å². The minimum atomic E-state index is 0.183. The van der Waals surface area contributed by atoms with E-state index in [2.05, 4.69) is 10.4 Å². The van der Waals surface area contributed by atoms with Gasteiger partial charge in [0.05, 0.1) is 5.69 Å². The van der Waals surface area contributed by atoms with Crippen LogP contribution in [0.1, 0.15) is 16.8 Å². The van der Waals surface area contributed by atoms with Gasteiger partial charge in [-0.05, 0) is 44.5 Å². The van der Waals surface area contributed by atoms with Gasteiger partial charge >= 0.3 is 0 Å². The maximum atomic E-state index is 6.30. The van der Waals surface area contributed by atoms with E-state index in [0.29, 0.717) is 15.2 Å². The largest absolute Gasteiger partial charge is 0.316 e. The summed E-state index contributed by atoms with van der Waals surface area (Å²) >= 11 is 18.8. The lowest BCUT2D eigenvalue weighted by Crippen LogP contribution is -2.30. The number of likely N-dealkylation sites (N-methyl/N-ethyl adjacent to an activating group) is 1. The predicted molar refractivity (Wildman–Crippen MR) is 89.7 cm³/mol. The van der Waals surface area contributed by atoms with E-state index < -0.39 is 0 Å². The molecule has 114 valence electrons. The maximum absolute atomic E-state index is 6.30. The number of hydrogen-bond acceptors (Lipinski definition) is 2. The third-order valence-corrected chi connectivity index (χ3v) is 4.82. The molecule has 0 saturated heterocycles. The third kappa shape index (κ3) is 3.72. The molecular formula is C15H18Cl3N3. The molecular weight excluding hydrogens is 329 g/mol. The molecule has 2 aromatic rings. The first-order valence-corrected chi connectivity index (χ1v) is 7.85. The summed E-state index contributed by atoms with van der Waals surface area (Å²) < 4.78 is 1.70. The van der Waals surface area contributed by atoms with Crippen molar-refractivity contribution in [3.8, 4) is 0 Å². The van der Waals surface area contributed by atoms with Gasteiger partial charge in [-0.15, -0.1) is 0 Å². The smallest absolute Gasteiger partial charge is 0.130 e. The average Bonchev–Trinajstić information content (AvgIpc) is 2.67. The Morgan fingerprint density at radius 1 is 1.14 bits per heavy atom. The lowest BCUT2D eigenvalue weighted by molar-refractivity contribution is 0.555. The van der Waals surface area contributed by atoms with Crippen LogP contribution in [0.15, 0.2) is 18.2 Å². The molecule has 21 heavy (non-hydrogen) atoms. The summed E-state index contributed by atoms with van der Waals surface area (Å²) in [6.07, 6.45) is 1.51. The molecule has 1 unspecified atom stereocenters. The summed E-state index contributed by atoms with van der Waals surface area (Å²) in [5.74, 6) is 0. The first-order valence-electron chi connectivity index (χ1n) is 6.72. The van der Waals surface area contributed by atoms with E-state index in [1.54, 1.807) is 4.68 Å². The molecule has 1 heterocycles. The lowest BCUT2D eigenvalue weighted by Gasteiger charge is -2.18. The van der Waals surface area contributed by atoms with Crippen molar-refractivity contribution in [2.45, 2.75) is 25.8 Å². The van der Waals surface area contributed by atoms with E-state index >= 15 is 0 Å². The number of nitrogens with zero attached hydrogens (tertiary/aromatic N) is 2. The molecule has 0 fully saturated rings. The number of aromatic nitrogens is 2. The molecule has 1 N–H and O–H groups in total. The van der Waals surface area contributed by atoms with Gasteiger partial charge in [-0.2, -0.15) is 5.10 Å². The van der Waals surface area contributed by atoms with Gasteiger partial charge in [0.25, 0.3) is 0 Å². The molecule has 0 amide bonds. The molecule has 0 aliphatic carbocycles. The Bertz CT molecular complexity index is 617. The number of hydrogen-bond donors (Lipinski definition) is 1. The van der Waals surface area contributed by atoms with Gasteiger partial charge in [-0.1, -0.05) is 40.9 Å². The normalized spacial score (nSPS) is 12.7. The molecule has 2 rings (SSSR count). The van der Waals surface area contributed by atoms with Crippen LogP contribution in [0.3, 0.4) is 0 Å². The number of benzene rings is 1. The molecule has 6 heteroatoms. The molecule has 1 aromatic heterocycles. The molecule has 0 spiro atoms. The number of nitrogens with one attached hydrogen (secondary N) is 1. The van der Waals surface area contributed by atoms with Crippen molar-refractivity contribution >= 4 is 34.8 Å². The minimum absolute atomic E-state index is 0.183. The summed E-state index contributed by atoms with van der Waals surface area (Å²) in [4.78, 5) is 0. The van der Waals surface area contributed by atoms with Gasteiger partial charge in [0.1, 0.15) is 5.15 Å². The van der Waals surface area contributed by atoms with Crippen molar-refractivity contribution in [1.82, 2.24) is 15.1 Å². The van der Waals surface area contributed by atoms with Crippen molar-refractivity contribution in [2.75, 3.05) is 7.05 Å². The average molecular weight is 347 g/mol. The van der Waals surface area contributed by atoms with Crippen LogP contribution in [-0.2, 0) is 19.9 Å². The Morgan fingerprint density at radius 3 is 2.19 bits per heavy atom. The number of aryl methyl sites for hydroxylation is 2. The summed E-state index contributed by atoms with van der Waals surface area (Å²) in [5, 5.41) is 9.71. The Balaban J connectivity index is 2.21. The molecule has 1 aromatic carbocycles. The maximum Gasteiger partial charge on any atom is 0.130 e. The molecule has 0 saturated carbocycles. The van der Waals surface area contributed by atoms with Gasteiger partial charge < -0.3 is 5.32 Å². The highest BCUT2D eigenvalue weighted by atomic mass is 35.5. The van der Waals surface area contributed by atoms with Crippen LogP contribution in [0, 0.1) is 6.92 Å². The number of rotatable bonds is 5. The highest BCUT2D eigenvalue weighted by Crippen LogP contribution is 2.27. The first-order chi connectivity index (χ1) is 9.93. The summed E-state index contributed by atoms with van der Waals surface area (Å²) in [6, 6.07) is 5.75. The van der Waals surface area contributed by atoms with Crippen molar-refractivity contribution in [1.29, 1.82) is 0 Å². The Kier molecular flexibility index (Phi) is 5.55. The minimum Gasteiger partial charge on any atom is -0.316 e. The zero-order valence-corrected chi connectivity index (χ0v) is 14.5. The zero-order valence-electron chi connectivity index (χ0n) is 12.3. The summed E-state index contributed by atoms with van der Waals surface area (Å²) in [6.45, 7) is 1.97. The van der Waals surface area contributed by atoms with Crippen molar-refractivity contribution in [3.63, 3.8) is 0 Å². The molecule has 0 aliphatic heterocycles. The monoisotopic (exact) mass is 345 g/mol. The van der Waals surface area contributed by atoms with Crippen LogP contribution in [0.4, 0.5) is 0 Å². The van der Waals surface area contributed by atoms with E-state index in [1.165, 1.54) is 0 Å². The first kappa shape index (κ1) is 16.6. The van der Waals surface area contributed by atoms with E-state index in [-0.39, 0.29) is 6.04 Å². The SMILES string of the molecule is CNC(Cc1c(Cl)cccc1Cl)Cc1c(C)nn(C)c1Cl.